The van der Waals surface area contributed by atoms with E-state index in [1.54, 1.807) is 21.0 Å². The number of ether oxygens (including phenoxy) is 1. The average Bonchev–Trinajstić information content (AvgIpc) is 2.93. The van der Waals surface area contributed by atoms with Crippen molar-refractivity contribution in [3.8, 4) is 5.75 Å². The van der Waals surface area contributed by atoms with E-state index >= 15 is 0 Å². The summed E-state index contributed by atoms with van der Waals surface area (Å²) in [6.45, 7) is 3.99. The standard InChI is InChI=1S/C17H22N2O4/c1-11(2)15(17(21)22)18-14(20)8-10-19-9-7-12-5-4-6-13(23-3)16(12)19/h4-7,9,11,15H,8,10H2,1-3H3,(H,18,20)(H,21,22)/t15-/m0/s1. The van der Waals surface area contributed by atoms with Gasteiger partial charge in [-0.25, -0.2) is 4.79 Å². The van der Waals surface area contributed by atoms with Gasteiger partial charge in [-0.15, -0.1) is 0 Å². The fourth-order valence-electron chi connectivity index (χ4n) is 2.56. The molecule has 0 saturated carbocycles. The predicted molar refractivity (Wildman–Crippen MR) is 87.5 cm³/mol. The quantitative estimate of drug-likeness (QED) is 0.820. The summed E-state index contributed by atoms with van der Waals surface area (Å²) < 4.78 is 7.30. The van der Waals surface area contributed by atoms with E-state index in [0.717, 1.165) is 16.7 Å². The zero-order valence-electron chi connectivity index (χ0n) is 13.6. The van der Waals surface area contributed by atoms with Gasteiger partial charge < -0.3 is 19.7 Å². The molecule has 0 aliphatic rings. The van der Waals surface area contributed by atoms with Crippen LogP contribution in [0.2, 0.25) is 0 Å². The Labute approximate surface area is 135 Å². The van der Waals surface area contributed by atoms with Gasteiger partial charge in [0.2, 0.25) is 5.91 Å². The van der Waals surface area contributed by atoms with Crippen molar-refractivity contribution in [2.45, 2.75) is 32.9 Å². The second-order valence-electron chi connectivity index (χ2n) is 5.78. The molecule has 1 amide bonds. The van der Waals surface area contributed by atoms with Gasteiger partial charge in [0.1, 0.15) is 11.8 Å². The van der Waals surface area contributed by atoms with Crippen LogP contribution in [0, 0.1) is 5.92 Å². The van der Waals surface area contributed by atoms with E-state index in [1.807, 2.05) is 35.0 Å². The van der Waals surface area contributed by atoms with Crippen molar-refractivity contribution in [1.82, 2.24) is 9.88 Å². The molecule has 0 fully saturated rings. The lowest BCUT2D eigenvalue weighted by molar-refractivity contribution is -0.143. The number of hydrogen-bond acceptors (Lipinski definition) is 3. The largest absolute Gasteiger partial charge is 0.495 e. The molecule has 0 radical (unpaired) electrons. The fraction of sp³-hybridized carbons (Fsp3) is 0.412. The number of rotatable bonds is 7. The Bertz CT molecular complexity index is 706. The van der Waals surface area contributed by atoms with Crippen LogP contribution in [0.1, 0.15) is 20.3 Å². The van der Waals surface area contributed by atoms with Gasteiger partial charge >= 0.3 is 5.97 Å². The van der Waals surface area contributed by atoms with E-state index in [9.17, 15) is 9.59 Å². The number of carbonyl (C=O) groups excluding carboxylic acids is 1. The molecular formula is C17H22N2O4. The first-order valence-corrected chi connectivity index (χ1v) is 7.58. The number of methoxy groups -OCH3 is 1. The predicted octanol–water partition coefficient (Wildman–Crippen LogP) is 2.27. The Morgan fingerprint density at radius 1 is 1.30 bits per heavy atom. The normalized spacial score (nSPS) is 12.3. The number of nitrogens with one attached hydrogen (secondary N) is 1. The third kappa shape index (κ3) is 3.83. The number of nitrogens with zero attached hydrogens (tertiary/aromatic N) is 1. The average molecular weight is 318 g/mol. The zero-order valence-corrected chi connectivity index (χ0v) is 13.6. The summed E-state index contributed by atoms with van der Waals surface area (Å²) in [7, 11) is 1.61. The minimum atomic E-state index is -1.01. The van der Waals surface area contributed by atoms with Crippen molar-refractivity contribution in [2.24, 2.45) is 5.92 Å². The van der Waals surface area contributed by atoms with Crippen LogP contribution >= 0.6 is 0 Å². The number of fused-ring (bicyclic) bond motifs is 1. The molecule has 0 aliphatic heterocycles. The van der Waals surface area contributed by atoms with Crippen molar-refractivity contribution in [2.75, 3.05) is 7.11 Å². The highest BCUT2D eigenvalue weighted by atomic mass is 16.5. The van der Waals surface area contributed by atoms with Crippen LogP contribution in [0.15, 0.2) is 30.5 Å². The third-order valence-electron chi connectivity index (χ3n) is 3.80. The Hall–Kier alpha value is -2.50. The topological polar surface area (TPSA) is 80.6 Å². The minimum Gasteiger partial charge on any atom is -0.495 e. The fourth-order valence-corrected chi connectivity index (χ4v) is 2.56. The van der Waals surface area contributed by atoms with Crippen molar-refractivity contribution < 1.29 is 19.4 Å². The molecule has 23 heavy (non-hydrogen) atoms. The molecule has 6 heteroatoms. The first-order valence-electron chi connectivity index (χ1n) is 7.58. The van der Waals surface area contributed by atoms with E-state index in [2.05, 4.69) is 5.32 Å². The van der Waals surface area contributed by atoms with Gasteiger partial charge in [-0.1, -0.05) is 26.0 Å². The first-order chi connectivity index (χ1) is 10.9. The summed E-state index contributed by atoms with van der Waals surface area (Å²) in [5, 5.41) is 12.7. The van der Waals surface area contributed by atoms with Crippen LogP contribution in [0.25, 0.3) is 10.9 Å². The Morgan fingerprint density at radius 2 is 2.04 bits per heavy atom. The molecular weight excluding hydrogens is 296 g/mol. The van der Waals surface area contributed by atoms with Crippen LogP contribution < -0.4 is 10.1 Å². The highest BCUT2D eigenvalue weighted by molar-refractivity contribution is 5.86. The maximum Gasteiger partial charge on any atom is 0.326 e. The lowest BCUT2D eigenvalue weighted by Crippen LogP contribution is -2.44. The summed E-state index contributed by atoms with van der Waals surface area (Å²) >= 11 is 0. The second kappa shape index (κ2) is 7.17. The third-order valence-corrected chi connectivity index (χ3v) is 3.80. The van der Waals surface area contributed by atoms with Gasteiger partial charge in [-0.3, -0.25) is 4.79 Å². The van der Waals surface area contributed by atoms with Gasteiger partial charge in [0, 0.05) is 24.5 Å². The molecule has 1 aromatic carbocycles. The molecule has 6 nitrogen and oxygen atoms in total. The smallest absolute Gasteiger partial charge is 0.326 e. The number of carboxylic acids is 1. The zero-order chi connectivity index (χ0) is 17.0. The second-order valence-corrected chi connectivity index (χ2v) is 5.78. The number of aromatic nitrogens is 1. The van der Waals surface area contributed by atoms with E-state index < -0.39 is 12.0 Å². The summed E-state index contributed by atoms with van der Waals surface area (Å²) in [5.74, 6) is -0.702. The van der Waals surface area contributed by atoms with E-state index in [4.69, 9.17) is 9.84 Å². The van der Waals surface area contributed by atoms with Crippen LogP contribution in [-0.4, -0.2) is 34.7 Å². The maximum absolute atomic E-state index is 12.0. The van der Waals surface area contributed by atoms with Gasteiger partial charge in [-0.05, 0) is 18.1 Å². The summed E-state index contributed by atoms with van der Waals surface area (Å²) in [6, 6.07) is 6.87. The van der Waals surface area contributed by atoms with Gasteiger partial charge in [-0.2, -0.15) is 0 Å². The number of carboxylic acid groups (broad SMARTS) is 1. The molecule has 1 aromatic heterocycles. The number of aliphatic carboxylic acids is 1. The molecule has 0 unspecified atom stereocenters. The van der Waals surface area contributed by atoms with E-state index in [0.29, 0.717) is 6.54 Å². The number of hydrogen-bond donors (Lipinski definition) is 2. The number of carbonyl (C=O) groups is 2. The van der Waals surface area contributed by atoms with Crippen LogP contribution in [-0.2, 0) is 16.1 Å². The molecule has 0 saturated heterocycles. The molecule has 0 aliphatic carbocycles. The van der Waals surface area contributed by atoms with Crippen LogP contribution in [0.3, 0.4) is 0 Å². The molecule has 2 rings (SSSR count). The monoisotopic (exact) mass is 318 g/mol. The summed E-state index contributed by atoms with van der Waals surface area (Å²) in [6.07, 6.45) is 2.11. The Kier molecular flexibility index (Phi) is 5.26. The summed E-state index contributed by atoms with van der Waals surface area (Å²) in [5.41, 5.74) is 0.932. The van der Waals surface area contributed by atoms with Gasteiger partial charge in [0.25, 0.3) is 0 Å². The lowest BCUT2D eigenvalue weighted by atomic mass is 10.0. The van der Waals surface area contributed by atoms with Crippen LogP contribution in [0.4, 0.5) is 0 Å². The molecule has 124 valence electrons. The van der Waals surface area contributed by atoms with Gasteiger partial charge in [0.15, 0.2) is 0 Å². The number of aryl methyl sites for hydroxylation is 1. The van der Waals surface area contributed by atoms with E-state index in [1.165, 1.54) is 0 Å². The van der Waals surface area contributed by atoms with Crippen molar-refractivity contribution in [3.05, 3.63) is 30.5 Å². The van der Waals surface area contributed by atoms with E-state index in [-0.39, 0.29) is 18.2 Å². The van der Waals surface area contributed by atoms with Crippen LogP contribution in [0.5, 0.6) is 5.75 Å². The Morgan fingerprint density at radius 3 is 2.65 bits per heavy atom. The SMILES string of the molecule is COc1cccc2ccn(CCC(=O)N[C@H](C(=O)O)C(C)C)c12. The lowest BCUT2D eigenvalue weighted by Gasteiger charge is -2.18. The summed E-state index contributed by atoms with van der Waals surface area (Å²) in [4.78, 5) is 23.2. The molecule has 0 bridgehead atoms. The highest BCUT2D eigenvalue weighted by Gasteiger charge is 2.23. The maximum atomic E-state index is 12.0. The van der Waals surface area contributed by atoms with Crippen molar-refractivity contribution in [3.63, 3.8) is 0 Å². The molecule has 1 heterocycles. The molecule has 0 spiro atoms. The minimum absolute atomic E-state index is 0.163. The first kappa shape index (κ1) is 16.9. The molecule has 2 N–H and O–H groups in total. The van der Waals surface area contributed by atoms with Crippen molar-refractivity contribution in [1.29, 1.82) is 0 Å². The number of amides is 1. The molecule has 2 aromatic rings. The van der Waals surface area contributed by atoms with Gasteiger partial charge in [0.05, 0.1) is 12.6 Å². The number of para-hydroxylation sites is 1. The Balaban J connectivity index is 2.06. The van der Waals surface area contributed by atoms with Crippen molar-refractivity contribution >= 4 is 22.8 Å². The number of benzene rings is 1. The highest BCUT2D eigenvalue weighted by Crippen LogP contribution is 2.26. The molecule has 1 atom stereocenters.